The van der Waals surface area contributed by atoms with Gasteiger partial charge in [-0.1, -0.05) is 36.4 Å². The van der Waals surface area contributed by atoms with Gasteiger partial charge < -0.3 is 0 Å². The Morgan fingerprint density at radius 1 is 1.10 bits per heavy atom. The van der Waals surface area contributed by atoms with Crippen LogP contribution in [-0.4, -0.2) is 0 Å². The summed E-state index contributed by atoms with van der Waals surface area (Å²) in [6.45, 7) is 0. The second-order valence-corrected chi connectivity index (χ2v) is 2.31. The molecule has 1 aliphatic rings. The van der Waals surface area contributed by atoms with Gasteiger partial charge >= 0.3 is 0 Å². The summed E-state index contributed by atoms with van der Waals surface area (Å²) < 4.78 is 0. The largest absolute Gasteiger partial charge is 0.0795 e. The molecule has 0 saturated heterocycles. The Kier molecular flexibility index (Phi) is 2.31. The van der Waals surface area contributed by atoms with Gasteiger partial charge in [-0.15, -0.1) is 0 Å². The first-order valence-corrected chi connectivity index (χ1v) is 3.21. The van der Waals surface area contributed by atoms with Crippen molar-refractivity contribution in [3.05, 3.63) is 41.5 Å². The van der Waals surface area contributed by atoms with Crippen molar-refractivity contribution in [2.45, 2.75) is 6.42 Å². The normalized spacial score (nSPS) is 12.4. The molecule has 10 heavy (non-hydrogen) atoms. The summed E-state index contributed by atoms with van der Waals surface area (Å²) in [6, 6.07) is 8.49. The van der Waals surface area contributed by atoms with E-state index in [0.29, 0.717) is 0 Å². The Morgan fingerprint density at radius 3 is 2.70 bits per heavy atom. The summed E-state index contributed by atoms with van der Waals surface area (Å²) in [5.74, 6) is 0. The van der Waals surface area contributed by atoms with Crippen LogP contribution in [0.2, 0.25) is 0 Å². The fourth-order valence-electron chi connectivity index (χ4n) is 1.20. The van der Waals surface area contributed by atoms with Gasteiger partial charge in [0.05, 0.1) is 0 Å². The fraction of sp³-hybridized carbons (Fsp3) is 0.111. The van der Waals surface area contributed by atoms with Crippen LogP contribution in [0, 0.1) is 0 Å². The molecule has 0 unspecified atom stereocenters. The maximum Gasteiger partial charge on any atom is 0 e. The van der Waals surface area contributed by atoms with Crippen LogP contribution >= 0.6 is 0 Å². The van der Waals surface area contributed by atoms with E-state index in [2.05, 4.69) is 36.4 Å². The molecule has 0 atom stereocenters. The van der Waals surface area contributed by atoms with Crippen molar-refractivity contribution in [1.82, 2.24) is 0 Å². The van der Waals surface area contributed by atoms with Gasteiger partial charge in [0.15, 0.2) is 0 Å². The summed E-state index contributed by atoms with van der Waals surface area (Å²) in [7, 11) is 0. The van der Waals surface area contributed by atoms with E-state index in [9.17, 15) is 0 Å². The molecule has 0 heterocycles. The minimum absolute atomic E-state index is 0. The average Bonchev–Trinajstić information content (AvgIpc) is 2.33. The maximum absolute atomic E-state index is 2.20. The van der Waals surface area contributed by atoms with E-state index >= 15 is 0 Å². The van der Waals surface area contributed by atoms with Gasteiger partial charge in [0.1, 0.15) is 0 Å². The second kappa shape index (κ2) is 3.05. The zero-order valence-corrected chi connectivity index (χ0v) is 6.63. The summed E-state index contributed by atoms with van der Waals surface area (Å²) in [5, 5.41) is 0. The number of hydrogen-bond donors (Lipinski definition) is 0. The summed E-state index contributed by atoms with van der Waals surface area (Å²) in [4.78, 5) is 0. The van der Waals surface area contributed by atoms with Crippen molar-refractivity contribution in [1.29, 1.82) is 0 Å². The standard InChI is InChI=1S/C9H8.Fe/c1-2-5-9-7-3-6-8(9)4-1;/h1-6H,7H2;. The number of benzene rings is 1. The first kappa shape index (κ1) is 7.58. The molecule has 0 aliphatic heterocycles. The molecule has 2 rings (SSSR count). The van der Waals surface area contributed by atoms with Crippen LogP contribution in [0.4, 0.5) is 0 Å². The van der Waals surface area contributed by atoms with Gasteiger partial charge in [0, 0.05) is 17.1 Å². The molecule has 0 bridgehead atoms. The Bertz CT molecular complexity index is 251. The molecule has 0 N–H and O–H groups in total. The van der Waals surface area contributed by atoms with Gasteiger partial charge in [-0.25, -0.2) is 0 Å². The molecule has 52 valence electrons. The van der Waals surface area contributed by atoms with E-state index in [1.807, 2.05) is 0 Å². The van der Waals surface area contributed by atoms with Crippen molar-refractivity contribution in [3.63, 3.8) is 0 Å². The first-order chi connectivity index (χ1) is 4.47. The van der Waals surface area contributed by atoms with Crippen molar-refractivity contribution in [2.75, 3.05) is 0 Å². The Balaban J connectivity index is 0.000000500. The van der Waals surface area contributed by atoms with E-state index in [0.717, 1.165) is 6.42 Å². The molecule has 0 aromatic heterocycles. The van der Waals surface area contributed by atoms with Crippen molar-refractivity contribution in [2.24, 2.45) is 0 Å². The molecule has 0 spiro atoms. The van der Waals surface area contributed by atoms with E-state index in [-0.39, 0.29) is 17.1 Å². The number of allylic oxidation sites excluding steroid dienone is 1. The zero-order valence-electron chi connectivity index (χ0n) is 5.52. The monoisotopic (exact) mass is 172 g/mol. The summed E-state index contributed by atoms with van der Waals surface area (Å²) in [6.07, 6.45) is 5.50. The molecule has 0 saturated carbocycles. The molecular formula is C9H8Fe. The number of fused-ring (bicyclic) bond motifs is 1. The van der Waals surface area contributed by atoms with Crippen LogP contribution < -0.4 is 0 Å². The van der Waals surface area contributed by atoms with Gasteiger partial charge in [-0.3, -0.25) is 0 Å². The molecule has 1 aromatic carbocycles. The van der Waals surface area contributed by atoms with Crippen molar-refractivity contribution < 1.29 is 17.1 Å². The van der Waals surface area contributed by atoms with Crippen LogP contribution in [0.3, 0.4) is 0 Å². The number of rotatable bonds is 0. The van der Waals surface area contributed by atoms with E-state index in [1.54, 1.807) is 0 Å². The van der Waals surface area contributed by atoms with Gasteiger partial charge in [0.25, 0.3) is 0 Å². The molecule has 0 fully saturated rings. The number of hydrogen-bond acceptors (Lipinski definition) is 0. The van der Waals surface area contributed by atoms with Crippen LogP contribution in [0.15, 0.2) is 30.3 Å². The Hall–Kier alpha value is -0.521. The first-order valence-electron chi connectivity index (χ1n) is 3.21. The van der Waals surface area contributed by atoms with E-state index < -0.39 is 0 Å². The fourth-order valence-corrected chi connectivity index (χ4v) is 1.20. The maximum atomic E-state index is 2.20. The smallest absolute Gasteiger partial charge is 0 e. The molecule has 1 aromatic rings. The molecule has 1 aliphatic carbocycles. The van der Waals surface area contributed by atoms with Gasteiger partial charge in [-0.2, -0.15) is 0 Å². The average molecular weight is 172 g/mol. The van der Waals surface area contributed by atoms with Gasteiger partial charge in [0.2, 0.25) is 0 Å². The minimum atomic E-state index is 0. The second-order valence-electron chi connectivity index (χ2n) is 2.31. The van der Waals surface area contributed by atoms with Crippen LogP contribution in [0.1, 0.15) is 11.1 Å². The van der Waals surface area contributed by atoms with Crippen molar-refractivity contribution >= 4 is 6.08 Å². The third-order valence-electron chi connectivity index (χ3n) is 1.69. The molecule has 1 heteroatoms. The van der Waals surface area contributed by atoms with Crippen LogP contribution in [0.25, 0.3) is 6.08 Å². The topological polar surface area (TPSA) is 0 Å². The molecule has 0 nitrogen and oxygen atoms in total. The quantitative estimate of drug-likeness (QED) is 0.526. The minimum Gasteiger partial charge on any atom is -0.0795 e. The molecule has 0 amide bonds. The third-order valence-corrected chi connectivity index (χ3v) is 1.69. The summed E-state index contributed by atoms with van der Waals surface area (Å²) >= 11 is 0. The molecule has 0 radical (unpaired) electrons. The Labute approximate surface area is 71.4 Å². The van der Waals surface area contributed by atoms with Crippen molar-refractivity contribution in [3.8, 4) is 0 Å². The SMILES string of the molecule is C1=Cc2ccccc2C1.[Fe]. The summed E-state index contributed by atoms with van der Waals surface area (Å²) in [5.41, 5.74) is 2.84. The zero-order chi connectivity index (χ0) is 6.10. The van der Waals surface area contributed by atoms with Gasteiger partial charge in [-0.05, 0) is 17.5 Å². The Morgan fingerprint density at radius 2 is 1.90 bits per heavy atom. The predicted octanol–water partition coefficient (Wildman–Crippen LogP) is 2.25. The third kappa shape index (κ3) is 1.16. The van der Waals surface area contributed by atoms with Crippen LogP contribution in [-0.2, 0) is 23.5 Å². The van der Waals surface area contributed by atoms with Crippen LogP contribution in [0.5, 0.6) is 0 Å². The molecular weight excluding hydrogens is 164 g/mol. The predicted molar refractivity (Wildman–Crippen MR) is 39.2 cm³/mol. The van der Waals surface area contributed by atoms with E-state index in [1.165, 1.54) is 11.1 Å². The van der Waals surface area contributed by atoms with E-state index in [4.69, 9.17) is 0 Å².